The van der Waals surface area contributed by atoms with Gasteiger partial charge in [-0.25, -0.2) is 4.98 Å². The summed E-state index contributed by atoms with van der Waals surface area (Å²) >= 11 is 0. The Bertz CT molecular complexity index is 318. The summed E-state index contributed by atoms with van der Waals surface area (Å²) in [7, 11) is 1.60. The van der Waals surface area contributed by atoms with Crippen LogP contribution in [0.5, 0.6) is 0 Å². The third-order valence-corrected chi connectivity index (χ3v) is 1.19. The fourth-order valence-corrected chi connectivity index (χ4v) is 0.692. The van der Waals surface area contributed by atoms with Crippen molar-refractivity contribution in [3.8, 4) is 0 Å². The molecule has 2 N–H and O–H groups in total. The standard InChI is InChI=1S/C6H7N3O2/c1-7-6-4(3-10)8-2-5(11)9-6/h2-3H,1H3,(H2,7,9,11). The molecule has 0 aliphatic heterocycles. The van der Waals surface area contributed by atoms with E-state index in [1.807, 2.05) is 0 Å². The van der Waals surface area contributed by atoms with Gasteiger partial charge in [0.2, 0.25) is 0 Å². The van der Waals surface area contributed by atoms with E-state index < -0.39 is 0 Å². The second-order valence-corrected chi connectivity index (χ2v) is 1.88. The normalized spacial score (nSPS) is 9.18. The number of H-pyrrole nitrogens is 1. The van der Waals surface area contributed by atoms with E-state index in [1.54, 1.807) is 7.05 Å². The van der Waals surface area contributed by atoms with Crippen LogP contribution in [0.4, 0.5) is 5.82 Å². The highest BCUT2D eigenvalue weighted by atomic mass is 16.1. The van der Waals surface area contributed by atoms with E-state index in [0.717, 1.165) is 6.20 Å². The molecule has 0 bridgehead atoms. The van der Waals surface area contributed by atoms with Crippen molar-refractivity contribution in [1.29, 1.82) is 0 Å². The first-order valence-electron chi connectivity index (χ1n) is 3.00. The van der Waals surface area contributed by atoms with Gasteiger partial charge in [-0.15, -0.1) is 0 Å². The maximum absolute atomic E-state index is 10.6. The van der Waals surface area contributed by atoms with Gasteiger partial charge in [-0.2, -0.15) is 0 Å². The van der Waals surface area contributed by atoms with E-state index in [2.05, 4.69) is 15.3 Å². The molecule has 0 spiro atoms. The molecule has 0 unspecified atom stereocenters. The van der Waals surface area contributed by atoms with Crippen molar-refractivity contribution >= 4 is 12.1 Å². The Labute approximate surface area is 62.5 Å². The Morgan fingerprint density at radius 1 is 1.73 bits per heavy atom. The highest BCUT2D eigenvalue weighted by Crippen LogP contribution is 1.99. The zero-order valence-electron chi connectivity index (χ0n) is 5.92. The molecule has 5 heteroatoms. The quantitative estimate of drug-likeness (QED) is 0.568. The summed E-state index contributed by atoms with van der Waals surface area (Å²) in [6, 6.07) is 0. The van der Waals surface area contributed by atoms with Crippen LogP contribution in [0, 0.1) is 0 Å². The van der Waals surface area contributed by atoms with Crippen molar-refractivity contribution in [3.05, 3.63) is 22.2 Å². The maximum Gasteiger partial charge on any atom is 0.267 e. The fourth-order valence-electron chi connectivity index (χ4n) is 0.692. The fraction of sp³-hybridized carbons (Fsp3) is 0.167. The van der Waals surface area contributed by atoms with E-state index in [1.165, 1.54) is 0 Å². The van der Waals surface area contributed by atoms with E-state index in [-0.39, 0.29) is 11.3 Å². The van der Waals surface area contributed by atoms with Gasteiger partial charge in [0.15, 0.2) is 6.29 Å². The number of nitrogens with zero attached hydrogens (tertiary/aromatic N) is 1. The first-order valence-corrected chi connectivity index (χ1v) is 3.00. The van der Waals surface area contributed by atoms with E-state index >= 15 is 0 Å². The zero-order chi connectivity index (χ0) is 8.27. The van der Waals surface area contributed by atoms with Crippen LogP contribution in [0.25, 0.3) is 0 Å². The molecule has 1 rings (SSSR count). The average Bonchev–Trinajstić information content (AvgIpc) is 2.04. The Hall–Kier alpha value is -1.65. The molecule has 0 saturated carbocycles. The van der Waals surface area contributed by atoms with Crippen molar-refractivity contribution < 1.29 is 4.79 Å². The van der Waals surface area contributed by atoms with Crippen molar-refractivity contribution in [2.75, 3.05) is 12.4 Å². The molecule has 0 radical (unpaired) electrons. The summed E-state index contributed by atoms with van der Waals surface area (Å²) in [5.41, 5.74) is -0.132. The maximum atomic E-state index is 10.6. The number of aromatic nitrogens is 2. The van der Waals surface area contributed by atoms with Crippen molar-refractivity contribution in [1.82, 2.24) is 9.97 Å². The van der Waals surface area contributed by atoms with Crippen molar-refractivity contribution in [2.45, 2.75) is 0 Å². The Kier molecular flexibility index (Phi) is 2.00. The first kappa shape index (κ1) is 7.46. The highest BCUT2D eigenvalue weighted by Gasteiger charge is 1.99. The molecule has 0 aliphatic rings. The number of hydrogen-bond acceptors (Lipinski definition) is 4. The van der Waals surface area contributed by atoms with Gasteiger partial charge < -0.3 is 10.3 Å². The lowest BCUT2D eigenvalue weighted by Crippen LogP contribution is -2.11. The molecule has 1 aromatic rings. The number of rotatable bonds is 2. The lowest BCUT2D eigenvalue weighted by Gasteiger charge is -1.99. The molecule has 0 amide bonds. The average molecular weight is 153 g/mol. The largest absolute Gasteiger partial charge is 0.373 e. The summed E-state index contributed by atoms with van der Waals surface area (Å²) in [4.78, 5) is 26.9. The minimum Gasteiger partial charge on any atom is -0.373 e. The van der Waals surface area contributed by atoms with Gasteiger partial charge in [-0.05, 0) is 0 Å². The van der Waals surface area contributed by atoms with Gasteiger partial charge in [0.25, 0.3) is 5.56 Å². The smallest absolute Gasteiger partial charge is 0.267 e. The SMILES string of the molecule is CNc1[nH]c(=O)cnc1C=O. The van der Waals surface area contributed by atoms with Gasteiger partial charge in [0, 0.05) is 7.05 Å². The molecule has 5 nitrogen and oxygen atoms in total. The lowest BCUT2D eigenvalue weighted by molar-refractivity contribution is 0.111. The van der Waals surface area contributed by atoms with Gasteiger partial charge >= 0.3 is 0 Å². The number of anilines is 1. The number of aldehydes is 1. The zero-order valence-corrected chi connectivity index (χ0v) is 5.92. The van der Waals surface area contributed by atoms with Crippen LogP contribution in [-0.4, -0.2) is 23.3 Å². The third-order valence-electron chi connectivity index (χ3n) is 1.19. The Balaban J connectivity index is 3.27. The van der Waals surface area contributed by atoms with Gasteiger partial charge in [0.05, 0.1) is 6.20 Å². The molecule has 0 atom stereocenters. The number of aromatic amines is 1. The number of carbonyl (C=O) groups is 1. The molecular formula is C6H7N3O2. The predicted octanol–water partition coefficient (Wildman–Crippen LogP) is -0.376. The molecule has 0 fully saturated rings. The second kappa shape index (κ2) is 2.96. The minimum atomic E-state index is -0.333. The molecule has 1 heterocycles. The molecule has 58 valence electrons. The molecular weight excluding hydrogens is 146 g/mol. The summed E-state index contributed by atoms with van der Waals surface area (Å²) in [5.74, 6) is 0.340. The molecule has 0 aromatic carbocycles. The molecule has 1 aromatic heterocycles. The van der Waals surface area contributed by atoms with Crippen LogP contribution in [0.15, 0.2) is 11.0 Å². The number of hydrogen-bond donors (Lipinski definition) is 2. The molecule has 11 heavy (non-hydrogen) atoms. The van der Waals surface area contributed by atoms with Crippen molar-refractivity contribution in [2.24, 2.45) is 0 Å². The van der Waals surface area contributed by atoms with Gasteiger partial charge in [0.1, 0.15) is 11.5 Å². The van der Waals surface area contributed by atoms with Gasteiger partial charge in [-0.3, -0.25) is 9.59 Å². The summed E-state index contributed by atoms with van der Waals surface area (Å²) in [6.07, 6.45) is 1.63. The highest BCUT2D eigenvalue weighted by molar-refractivity contribution is 5.79. The van der Waals surface area contributed by atoms with E-state index in [4.69, 9.17) is 0 Å². The van der Waals surface area contributed by atoms with Crippen LogP contribution < -0.4 is 10.9 Å². The van der Waals surface area contributed by atoms with Crippen LogP contribution in [0.3, 0.4) is 0 Å². The predicted molar refractivity (Wildman–Crippen MR) is 39.8 cm³/mol. The van der Waals surface area contributed by atoms with E-state index in [9.17, 15) is 9.59 Å². The molecule has 0 saturated heterocycles. The first-order chi connectivity index (χ1) is 5.27. The van der Waals surface area contributed by atoms with Gasteiger partial charge in [-0.1, -0.05) is 0 Å². The summed E-state index contributed by atoms with van der Waals surface area (Å²) in [6.45, 7) is 0. The van der Waals surface area contributed by atoms with Crippen molar-refractivity contribution in [3.63, 3.8) is 0 Å². The lowest BCUT2D eigenvalue weighted by atomic mass is 10.4. The second-order valence-electron chi connectivity index (χ2n) is 1.88. The topological polar surface area (TPSA) is 74.8 Å². The monoisotopic (exact) mass is 153 g/mol. The number of nitrogens with one attached hydrogen (secondary N) is 2. The third kappa shape index (κ3) is 1.43. The Morgan fingerprint density at radius 2 is 2.45 bits per heavy atom. The van der Waals surface area contributed by atoms with Crippen LogP contribution >= 0.6 is 0 Å². The minimum absolute atomic E-state index is 0.201. The van der Waals surface area contributed by atoms with Crippen LogP contribution in [0.1, 0.15) is 10.5 Å². The van der Waals surface area contributed by atoms with Crippen LogP contribution in [-0.2, 0) is 0 Å². The molecule has 0 aliphatic carbocycles. The number of carbonyl (C=O) groups excluding carboxylic acids is 1. The Morgan fingerprint density at radius 3 is 3.00 bits per heavy atom. The summed E-state index contributed by atoms with van der Waals surface area (Å²) in [5, 5.41) is 2.64. The van der Waals surface area contributed by atoms with E-state index in [0.29, 0.717) is 12.1 Å². The van der Waals surface area contributed by atoms with Crippen LogP contribution in [0.2, 0.25) is 0 Å². The summed E-state index contributed by atoms with van der Waals surface area (Å²) < 4.78 is 0.